The average Bonchev–Trinajstić information content (AvgIpc) is 2.86. The molecular weight excluding hydrogens is 252 g/mol. The fourth-order valence-electron chi connectivity index (χ4n) is 2.47. The van der Waals surface area contributed by atoms with E-state index < -0.39 is 5.60 Å². The molecule has 1 amide bonds. The Kier molecular flexibility index (Phi) is 3.99. The highest BCUT2D eigenvalue weighted by molar-refractivity contribution is 5.69. The number of carbonyl (C=O) groups is 1. The number of hydrogen-bond donors (Lipinski definition) is 0. The van der Waals surface area contributed by atoms with Crippen molar-refractivity contribution in [2.75, 3.05) is 6.54 Å². The van der Waals surface area contributed by atoms with E-state index in [2.05, 4.69) is 6.07 Å². The van der Waals surface area contributed by atoms with Crippen molar-refractivity contribution >= 4 is 6.09 Å². The van der Waals surface area contributed by atoms with Crippen molar-refractivity contribution in [2.45, 2.75) is 45.3 Å². The fourth-order valence-corrected chi connectivity index (χ4v) is 2.47. The van der Waals surface area contributed by atoms with Crippen LogP contribution in [0.2, 0.25) is 0 Å². The maximum atomic E-state index is 12.2. The molecule has 0 saturated carbocycles. The predicted molar refractivity (Wildman–Crippen MR) is 76.1 cm³/mol. The number of rotatable bonds is 1. The zero-order valence-corrected chi connectivity index (χ0v) is 12.2. The maximum Gasteiger partial charge on any atom is 0.410 e. The molecule has 1 atom stereocenters. The molecule has 1 saturated heterocycles. The summed E-state index contributed by atoms with van der Waals surface area (Å²) < 4.78 is 5.45. The zero-order valence-electron chi connectivity index (χ0n) is 12.2. The summed E-state index contributed by atoms with van der Waals surface area (Å²) >= 11 is 0. The van der Waals surface area contributed by atoms with E-state index >= 15 is 0 Å². The lowest BCUT2D eigenvalue weighted by molar-refractivity contribution is 0.0224. The van der Waals surface area contributed by atoms with Gasteiger partial charge in [0, 0.05) is 6.54 Å². The molecule has 1 aromatic carbocycles. The van der Waals surface area contributed by atoms with E-state index in [0.29, 0.717) is 12.1 Å². The van der Waals surface area contributed by atoms with Gasteiger partial charge in [-0.15, -0.1) is 0 Å². The van der Waals surface area contributed by atoms with Crippen molar-refractivity contribution in [2.24, 2.45) is 0 Å². The minimum atomic E-state index is -0.487. The van der Waals surface area contributed by atoms with Gasteiger partial charge in [0.05, 0.1) is 17.7 Å². The molecule has 0 aliphatic carbocycles. The standard InChI is InChI=1S/C16H20N2O2/c1-16(2,3)20-15(19)18-9-5-8-14(18)13-7-4-6-12(10-13)11-17/h4,6-7,10,14H,5,8-9H2,1-3H3/t14-/m1/s1. The Bertz CT molecular complexity index is 540. The van der Waals surface area contributed by atoms with Crippen molar-refractivity contribution in [1.29, 1.82) is 5.26 Å². The first kappa shape index (κ1) is 14.4. The molecule has 4 heteroatoms. The number of carbonyl (C=O) groups excluding carboxylic acids is 1. The average molecular weight is 272 g/mol. The highest BCUT2D eigenvalue weighted by Gasteiger charge is 2.33. The van der Waals surface area contributed by atoms with E-state index in [-0.39, 0.29) is 12.1 Å². The van der Waals surface area contributed by atoms with Crippen LogP contribution in [0.4, 0.5) is 4.79 Å². The number of nitriles is 1. The number of nitrogens with zero attached hydrogens (tertiary/aromatic N) is 2. The third kappa shape index (κ3) is 3.30. The normalized spacial score (nSPS) is 18.7. The second-order valence-electron chi connectivity index (χ2n) is 6.07. The fraction of sp³-hybridized carbons (Fsp3) is 0.500. The van der Waals surface area contributed by atoms with Gasteiger partial charge in [-0.2, -0.15) is 5.26 Å². The number of ether oxygens (including phenoxy) is 1. The molecule has 0 radical (unpaired) electrons. The second kappa shape index (κ2) is 5.54. The lowest BCUT2D eigenvalue weighted by Gasteiger charge is -2.28. The molecular formula is C16H20N2O2. The molecule has 20 heavy (non-hydrogen) atoms. The first-order chi connectivity index (χ1) is 9.40. The number of likely N-dealkylation sites (tertiary alicyclic amines) is 1. The van der Waals surface area contributed by atoms with Crippen LogP contribution >= 0.6 is 0 Å². The van der Waals surface area contributed by atoms with Gasteiger partial charge in [-0.3, -0.25) is 0 Å². The minimum absolute atomic E-state index is 0.0122. The molecule has 0 bridgehead atoms. The monoisotopic (exact) mass is 272 g/mol. The van der Waals surface area contributed by atoms with Crippen molar-refractivity contribution in [3.63, 3.8) is 0 Å². The van der Waals surface area contributed by atoms with Crippen molar-refractivity contribution in [1.82, 2.24) is 4.90 Å². The van der Waals surface area contributed by atoms with Gasteiger partial charge in [0.1, 0.15) is 5.60 Å². The van der Waals surface area contributed by atoms with Crippen LogP contribution < -0.4 is 0 Å². The largest absolute Gasteiger partial charge is 0.444 e. The summed E-state index contributed by atoms with van der Waals surface area (Å²) in [6.45, 7) is 6.31. The molecule has 1 fully saturated rings. The predicted octanol–water partition coefficient (Wildman–Crippen LogP) is 3.63. The van der Waals surface area contributed by atoms with Crippen LogP contribution in [0, 0.1) is 11.3 Å². The highest BCUT2D eigenvalue weighted by atomic mass is 16.6. The van der Waals surface area contributed by atoms with Gasteiger partial charge in [-0.05, 0) is 51.3 Å². The summed E-state index contributed by atoms with van der Waals surface area (Å²) in [6.07, 6.45) is 1.59. The van der Waals surface area contributed by atoms with Crippen LogP contribution in [0.1, 0.15) is 50.8 Å². The maximum absolute atomic E-state index is 12.2. The van der Waals surface area contributed by atoms with E-state index in [1.807, 2.05) is 39.0 Å². The second-order valence-corrected chi connectivity index (χ2v) is 6.07. The molecule has 0 spiro atoms. The summed E-state index contributed by atoms with van der Waals surface area (Å²) in [7, 11) is 0. The third-order valence-electron chi connectivity index (χ3n) is 3.28. The van der Waals surface area contributed by atoms with E-state index in [1.165, 1.54) is 0 Å². The minimum Gasteiger partial charge on any atom is -0.444 e. The Balaban J connectivity index is 2.19. The Labute approximate surface area is 120 Å². The lowest BCUT2D eigenvalue weighted by atomic mass is 10.0. The molecule has 0 N–H and O–H groups in total. The Morgan fingerprint density at radius 1 is 1.45 bits per heavy atom. The van der Waals surface area contributed by atoms with Gasteiger partial charge >= 0.3 is 6.09 Å². The van der Waals surface area contributed by atoms with E-state index in [1.54, 1.807) is 11.0 Å². The summed E-state index contributed by atoms with van der Waals surface area (Å²) in [5.41, 5.74) is 1.14. The molecule has 1 aliphatic rings. The first-order valence-electron chi connectivity index (χ1n) is 6.90. The Morgan fingerprint density at radius 3 is 2.85 bits per heavy atom. The smallest absolute Gasteiger partial charge is 0.410 e. The van der Waals surface area contributed by atoms with Crippen molar-refractivity contribution in [3.05, 3.63) is 35.4 Å². The van der Waals surface area contributed by atoms with Gasteiger partial charge in [0.2, 0.25) is 0 Å². The summed E-state index contributed by atoms with van der Waals surface area (Å²) in [6, 6.07) is 9.61. The molecule has 0 aromatic heterocycles. The molecule has 2 rings (SSSR count). The SMILES string of the molecule is CC(C)(C)OC(=O)N1CCC[C@@H]1c1cccc(C#N)c1. The molecule has 1 aliphatic heterocycles. The molecule has 106 valence electrons. The zero-order chi connectivity index (χ0) is 14.8. The van der Waals surface area contributed by atoms with Crippen LogP contribution in [-0.2, 0) is 4.74 Å². The van der Waals surface area contributed by atoms with E-state index in [4.69, 9.17) is 10.00 Å². The van der Waals surface area contributed by atoms with Gasteiger partial charge in [-0.25, -0.2) is 4.79 Å². The van der Waals surface area contributed by atoms with Crippen LogP contribution in [-0.4, -0.2) is 23.1 Å². The van der Waals surface area contributed by atoms with Gasteiger partial charge in [0.25, 0.3) is 0 Å². The first-order valence-corrected chi connectivity index (χ1v) is 6.90. The molecule has 1 heterocycles. The topological polar surface area (TPSA) is 53.3 Å². The van der Waals surface area contributed by atoms with Crippen LogP contribution in [0.15, 0.2) is 24.3 Å². The van der Waals surface area contributed by atoms with Crippen LogP contribution in [0.3, 0.4) is 0 Å². The molecule has 4 nitrogen and oxygen atoms in total. The van der Waals surface area contributed by atoms with E-state index in [0.717, 1.165) is 18.4 Å². The summed E-state index contributed by atoms with van der Waals surface area (Å²) in [5.74, 6) is 0. The third-order valence-corrected chi connectivity index (χ3v) is 3.28. The number of hydrogen-bond acceptors (Lipinski definition) is 3. The number of amides is 1. The summed E-state index contributed by atoms with van der Waals surface area (Å²) in [4.78, 5) is 14.0. The number of benzene rings is 1. The Hall–Kier alpha value is -2.02. The molecule has 1 aromatic rings. The van der Waals surface area contributed by atoms with Crippen LogP contribution in [0.25, 0.3) is 0 Å². The van der Waals surface area contributed by atoms with E-state index in [9.17, 15) is 4.79 Å². The molecule has 0 unspecified atom stereocenters. The quantitative estimate of drug-likeness (QED) is 0.784. The van der Waals surface area contributed by atoms with Crippen molar-refractivity contribution < 1.29 is 9.53 Å². The summed E-state index contributed by atoms with van der Waals surface area (Å²) in [5, 5.41) is 8.98. The van der Waals surface area contributed by atoms with Crippen molar-refractivity contribution in [3.8, 4) is 6.07 Å². The Morgan fingerprint density at radius 2 is 2.20 bits per heavy atom. The lowest BCUT2D eigenvalue weighted by Crippen LogP contribution is -2.36. The highest BCUT2D eigenvalue weighted by Crippen LogP contribution is 2.33. The van der Waals surface area contributed by atoms with Gasteiger partial charge < -0.3 is 9.64 Å². The van der Waals surface area contributed by atoms with Gasteiger partial charge in [0.15, 0.2) is 0 Å². The van der Waals surface area contributed by atoms with Gasteiger partial charge in [-0.1, -0.05) is 12.1 Å². The van der Waals surface area contributed by atoms with Crippen LogP contribution in [0.5, 0.6) is 0 Å².